The summed E-state index contributed by atoms with van der Waals surface area (Å²) in [4.78, 5) is 11.7. The number of nitrogens with zero attached hydrogens (tertiary/aromatic N) is 2. The topological polar surface area (TPSA) is 36.2 Å². The summed E-state index contributed by atoms with van der Waals surface area (Å²) in [5, 5.41) is 0. The first kappa shape index (κ1) is 11.5. The largest absolute Gasteiger partial charge is 0.492 e. The molecule has 0 bridgehead atoms. The fraction of sp³-hybridized carbons (Fsp3) is 0.308. The zero-order chi connectivity index (χ0) is 12.3. The van der Waals surface area contributed by atoms with E-state index in [1.165, 1.54) is 0 Å². The molecule has 1 heterocycles. The highest BCUT2D eigenvalue weighted by Crippen LogP contribution is 2.08. The van der Waals surface area contributed by atoms with Crippen molar-refractivity contribution < 1.29 is 4.74 Å². The van der Waals surface area contributed by atoms with E-state index in [4.69, 9.17) is 4.74 Å². The molecule has 2 rings (SSSR count). The van der Waals surface area contributed by atoms with Gasteiger partial charge in [-0.3, -0.25) is 4.57 Å². The SMILES string of the molecule is Cc1cn(C)c(=O)n1CCOc1ccccc1. The predicted molar refractivity (Wildman–Crippen MR) is 66.3 cm³/mol. The van der Waals surface area contributed by atoms with Gasteiger partial charge in [-0.05, 0) is 19.1 Å². The Morgan fingerprint density at radius 2 is 1.94 bits per heavy atom. The zero-order valence-electron chi connectivity index (χ0n) is 10.1. The maximum atomic E-state index is 11.7. The molecule has 0 saturated heterocycles. The Kier molecular flexibility index (Phi) is 3.32. The number of para-hydroxylation sites is 1. The average Bonchev–Trinajstić information content (AvgIpc) is 2.57. The molecule has 0 aliphatic carbocycles. The number of aromatic nitrogens is 2. The van der Waals surface area contributed by atoms with Gasteiger partial charge in [0.15, 0.2) is 0 Å². The van der Waals surface area contributed by atoms with Crippen LogP contribution < -0.4 is 10.4 Å². The molecule has 4 nitrogen and oxygen atoms in total. The Bertz CT molecular complexity index is 540. The molecule has 0 aliphatic heterocycles. The van der Waals surface area contributed by atoms with Gasteiger partial charge in [-0.2, -0.15) is 0 Å². The Labute approximate surface area is 100 Å². The second-order valence-electron chi connectivity index (χ2n) is 3.98. The molecule has 4 heteroatoms. The number of ether oxygens (including phenoxy) is 1. The first-order chi connectivity index (χ1) is 8.18. The summed E-state index contributed by atoms with van der Waals surface area (Å²) >= 11 is 0. The van der Waals surface area contributed by atoms with Gasteiger partial charge in [0.1, 0.15) is 12.4 Å². The molecule has 0 aliphatic rings. The second kappa shape index (κ2) is 4.91. The molecule has 17 heavy (non-hydrogen) atoms. The summed E-state index contributed by atoms with van der Waals surface area (Å²) in [5.74, 6) is 0.828. The molecule has 0 spiro atoms. The molecule has 0 N–H and O–H groups in total. The third kappa shape index (κ3) is 2.58. The van der Waals surface area contributed by atoms with E-state index < -0.39 is 0 Å². The number of imidazole rings is 1. The minimum absolute atomic E-state index is 0.000776. The molecule has 0 fully saturated rings. The van der Waals surface area contributed by atoms with Gasteiger partial charge in [0.2, 0.25) is 0 Å². The van der Waals surface area contributed by atoms with Gasteiger partial charge >= 0.3 is 5.69 Å². The molecule has 1 aromatic heterocycles. The van der Waals surface area contributed by atoms with E-state index >= 15 is 0 Å². The van der Waals surface area contributed by atoms with Crippen LogP contribution in [0.15, 0.2) is 41.3 Å². The summed E-state index contributed by atoms with van der Waals surface area (Å²) in [5.41, 5.74) is 0.952. The van der Waals surface area contributed by atoms with Crippen LogP contribution in [0.1, 0.15) is 5.69 Å². The van der Waals surface area contributed by atoms with Crippen molar-refractivity contribution in [2.75, 3.05) is 6.61 Å². The zero-order valence-corrected chi connectivity index (χ0v) is 10.1. The molecule has 0 saturated carbocycles. The van der Waals surface area contributed by atoms with Crippen LogP contribution in [0.3, 0.4) is 0 Å². The van der Waals surface area contributed by atoms with Crippen molar-refractivity contribution in [3.05, 3.63) is 52.7 Å². The van der Waals surface area contributed by atoms with E-state index in [-0.39, 0.29) is 5.69 Å². The molecular formula is C13H16N2O2. The lowest BCUT2D eigenvalue weighted by Gasteiger charge is -2.07. The van der Waals surface area contributed by atoms with E-state index in [1.807, 2.05) is 43.5 Å². The summed E-state index contributed by atoms with van der Waals surface area (Å²) < 4.78 is 8.85. The minimum atomic E-state index is -0.000776. The Balaban J connectivity index is 1.97. The minimum Gasteiger partial charge on any atom is -0.492 e. The Morgan fingerprint density at radius 3 is 2.53 bits per heavy atom. The molecule has 2 aromatic rings. The number of aryl methyl sites for hydroxylation is 2. The first-order valence-electron chi connectivity index (χ1n) is 5.59. The maximum absolute atomic E-state index is 11.7. The van der Waals surface area contributed by atoms with Crippen molar-refractivity contribution >= 4 is 0 Å². The van der Waals surface area contributed by atoms with E-state index in [1.54, 1.807) is 16.2 Å². The van der Waals surface area contributed by atoms with Gasteiger partial charge in [-0.15, -0.1) is 0 Å². The molecule has 0 atom stereocenters. The van der Waals surface area contributed by atoms with E-state index in [2.05, 4.69) is 0 Å². The molecule has 0 radical (unpaired) electrons. The molecule has 1 aromatic carbocycles. The summed E-state index contributed by atoms with van der Waals surface area (Å²) in [6.07, 6.45) is 1.82. The molecule has 0 amide bonds. The summed E-state index contributed by atoms with van der Waals surface area (Å²) in [6, 6.07) is 9.60. The fourth-order valence-electron chi connectivity index (χ4n) is 1.79. The second-order valence-corrected chi connectivity index (χ2v) is 3.98. The van der Waals surface area contributed by atoms with Crippen molar-refractivity contribution in [3.8, 4) is 5.75 Å². The Hall–Kier alpha value is -1.97. The highest BCUT2D eigenvalue weighted by molar-refractivity contribution is 5.20. The van der Waals surface area contributed by atoms with E-state index in [9.17, 15) is 4.79 Å². The van der Waals surface area contributed by atoms with Crippen LogP contribution >= 0.6 is 0 Å². The van der Waals surface area contributed by atoms with Crippen LogP contribution in [-0.4, -0.2) is 15.7 Å². The smallest absolute Gasteiger partial charge is 0.328 e. The number of hydrogen-bond acceptors (Lipinski definition) is 2. The van der Waals surface area contributed by atoms with Crippen molar-refractivity contribution in [3.63, 3.8) is 0 Å². The van der Waals surface area contributed by atoms with Crippen LogP contribution in [0, 0.1) is 6.92 Å². The van der Waals surface area contributed by atoms with Gasteiger partial charge in [0, 0.05) is 18.9 Å². The third-order valence-electron chi connectivity index (χ3n) is 2.67. The van der Waals surface area contributed by atoms with Crippen LogP contribution in [-0.2, 0) is 13.6 Å². The maximum Gasteiger partial charge on any atom is 0.328 e. The highest BCUT2D eigenvalue weighted by Gasteiger charge is 2.04. The molecule has 0 unspecified atom stereocenters. The average molecular weight is 232 g/mol. The lowest BCUT2D eigenvalue weighted by molar-refractivity contribution is 0.295. The highest BCUT2D eigenvalue weighted by atomic mass is 16.5. The van der Waals surface area contributed by atoms with Gasteiger partial charge in [-0.1, -0.05) is 18.2 Å². The number of rotatable bonds is 4. The standard InChI is InChI=1S/C13H16N2O2/c1-11-10-14(2)13(16)15(11)8-9-17-12-6-4-3-5-7-12/h3-7,10H,8-9H2,1-2H3. The van der Waals surface area contributed by atoms with Crippen LogP contribution in [0.25, 0.3) is 0 Å². The first-order valence-corrected chi connectivity index (χ1v) is 5.59. The van der Waals surface area contributed by atoms with Crippen molar-refractivity contribution in [2.24, 2.45) is 7.05 Å². The van der Waals surface area contributed by atoms with Gasteiger partial charge in [0.25, 0.3) is 0 Å². The predicted octanol–water partition coefficient (Wildman–Crippen LogP) is 1.57. The number of hydrogen-bond donors (Lipinski definition) is 0. The van der Waals surface area contributed by atoms with Crippen LogP contribution in [0.2, 0.25) is 0 Å². The summed E-state index contributed by atoms with van der Waals surface area (Å²) in [6.45, 7) is 2.99. The van der Waals surface area contributed by atoms with Crippen molar-refractivity contribution in [2.45, 2.75) is 13.5 Å². The monoisotopic (exact) mass is 232 g/mol. The Morgan fingerprint density at radius 1 is 1.24 bits per heavy atom. The van der Waals surface area contributed by atoms with Crippen molar-refractivity contribution in [1.29, 1.82) is 0 Å². The lowest BCUT2D eigenvalue weighted by Crippen LogP contribution is -2.25. The van der Waals surface area contributed by atoms with Crippen LogP contribution in [0.4, 0.5) is 0 Å². The van der Waals surface area contributed by atoms with Gasteiger partial charge < -0.3 is 9.30 Å². The van der Waals surface area contributed by atoms with Crippen LogP contribution in [0.5, 0.6) is 5.75 Å². The van der Waals surface area contributed by atoms with E-state index in [0.717, 1.165) is 11.4 Å². The lowest BCUT2D eigenvalue weighted by atomic mass is 10.3. The van der Waals surface area contributed by atoms with Gasteiger partial charge in [-0.25, -0.2) is 4.79 Å². The number of benzene rings is 1. The molecule has 90 valence electrons. The summed E-state index contributed by atoms with van der Waals surface area (Å²) in [7, 11) is 1.75. The van der Waals surface area contributed by atoms with Crippen molar-refractivity contribution in [1.82, 2.24) is 9.13 Å². The molecular weight excluding hydrogens is 216 g/mol. The third-order valence-corrected chi connectivity index (χ3v) is 2.67. The van der Waals surface area contributed by atoms with E-state index in [0.29, 0.717) is 13.2 Å². The quantitative estimate of drug-likeness (QED) is 0.802. The fourth-order valence-corrected chi connectivity index (χ4v) is 1.79. The normalized spacial score (nSPS) is 10.5. The van der Waals surface area contributed by atoms with Gasteiger partial charge in [0.05, 0.1) is 6.54 Å².